The summed E-state index contributed by atoms with van der Waals surface area (Å²) < 4.78 is 13.7. The normalized spacial score (nSPS) is 10.8. The molecule has 0 saturated heterocycles. The number of nitrogen functional groups attached to an aromatic ring is 1. The quantitative estimate of drug-likeness (QED) is 0.616. The summed E-state index contributed by atoms with van der Waals surface area (Å²) in [5, 5.41) is 9.85. The number of anilines is 1. The lowest BCUT2D eigenvalue weighted by Crippen LogP contribution is -1.89. The third kappa shape index (κ3) is 0.921. The lowest BCUT2D eigenvalue weighted by Gasteiger charge is -1.95. The molecule has 2 nitrogen and oxygen atoms in total. The van der Waals surface area contributed by atoms with Crippen molar-refractivity contribution in [2.45, 2.75) is 0 Å². The van der Waals surface area contributed by atoms with Gasteiger partial charge in [-0.1, -0.05) is 11.3 Å². The number of hydrogen-bond donors (Lipinski definition) is 2. The van der Waals surface area contributed by atoms with Gasteiger partial charge in [-0.3, -0.25) is 0 Å². The first-order valence-electron chi connectivity index (χ1n) is 3.35. The average Bonchev–Trinajstić information content (AvgIpc) is 2.39. The third-order valence-corrected chi connectivity index (χ3v) is 2.58. The SMILES string of the molecule is Nc1c(F)ccc2sc(O)cc12. The standard InChI is InChI=1S/C8H6FNOS/c9-5-1-2-6-4(8(5)10)3-7(11)12-6/h1-3,11H,10H2. The summed E-state index contributed by atoms with van der Waals surface area (Å²) in [6, 6.07) is 4.37. The van der Waals surface area contributed by atoms with Gasteiger partial charge in [0.15, 0.2) is 5.06 Å². The molecule has 2 rings (SSSR count). The Hall–Kier alpha value is -1.29. The van der Waals surface area contributed by atoms with Crippen molar-refractivity contribution in [1.29, 1.82) is 0 Å². The van der Waals surface area contributed by atoms with Gasteiger partial charge >= 0.3 is 0 Å². The van der Waals surface area contributed by atoms with Crippen LogP contribution in [0.3, 0.4) is 0 Å². The van der Waals surface area contributed by atoms with E-state index in [1.54, 1.807) is 6.07 Å². The molecule has 0 aliphatic rings. The highest BCUT2D eigenvalue weighted by Gasteiger charge is 2.06. The van der Waals surface area contributed by atoms with Gasteiger partial charge in [-0.05, 0) is 12.1 Å². The molecule has 0 atom stereocenters. The first-order valence-corrected chi connectivity index (χ1v) is 4.16. The minimum absolute atomic E-state index is 0.101. The number of halogens is 1. The van der Waals surface area contributed by atoms with Gasteiger partial charge in [0.25, 0.3) is 0 Å². The fourth-order valence-electron chi connectivity index (χ4n) is 1.09. The van der Waals surface area contributed by atoms with Crippen LogP contribution >= 0.6 is 11.3 Å². The lowest BCUT2D eigenvalue weighted by molar-refractivity contribution is 0.491. The number of hydrogen-bond acceptors (Lipinski definition) is 3. The number of benzene rings is 1. The van der Waals surface area contributed by atoms with Crippen molar-refractivity contribution < 1.29 is 9.50 Å². The van der Waals surface area contributed by atoms with Crippen molar-refractivity contribution in [3.8, 4) is 5.06 Å². The van der Waals surface area contributed by atoms with Crippen LogP contribution in [0.5, 0.6) is 5.06 Å². The molecular weight excluding hydrogens is 177 g/mol. The van der Waals surface area contributed by atoms with E-state index in [2.05, 4.69) is 0 Å². The molecule has 0 amide bonds. The smallest absolute Gasteiger partial charge is 0.172 e. The Bertz CT molecular complexity index is 438. The summed E-state index contributed by atoms with van der Waals surface area (Å²) in [6.45, 7) is 0. The number of rotatable bonds is 0. The average molecular weight is 183 g/mol. The van der Waals surface area contributed by atoms with Crippen molar-refractivity contribution in [1.82, 2.24) is 0 Å². The highest BCUT2D eigenvalue weighted by Crippen LogP contribution is 2.34. The maximum Gasteiger partial charge on any atom is 0.172 e. The van der Waals surface area contributed by atoms with Gasteiger partial charge in [0.05, 0.1) is 5.69 Å². The van der Waals surface area contributed by atoms with Crippen molar-refractivity contribution in [2.24, 2.45) is 0 Å². The predicted octanol–water partition coefficient (Wildman–Crippen LogP) is 2.33. The lowest BCUT2D eigenvalue weighted by atomic mass is 10.2. The van der Waals surface area contributed by atoms with Crippen molar-refractivity contribution >= 4 is 27.1 Å². The minimum atomic E-state index is -0.444. The van der Waals surface area contributed by atoms with E-state index >= 15 is 0 Å². The molecule has 0 unspecified atom stereocenters. The fraction of sp³-hybridized carbons (Fsp3) is 0. The van der Waals surface area contributed by atoms with Gasteiger partial charge < -0.3 is 10.8 Å². The van der Waals surface area contributed by atoms with Crippen LogP contribution < -0.4 is 5.73 Å². The summed E-state index contributed by atoms with van der Waals surface area (Å²) in [7, 11) is 0. The molecule has 0 aliphatic heterocycles. The Kier molecular flexibility index (Phi) is 1.44. The largest absolute Gasteiger partial charge is 0.499 e. The monoisotopic (exact) mass is 183 g/mol. The zero-order valence-corrected chi connectivity index (χ0v) is 6.86. The molecule has 12 heavy (non-hydrogen) atoms. The first-order chi connectivity index (χ1) is 5.68. The Labute approximate surface area is 72.1 Å². The first kappa shape index (κ1) is 7.36. The maximum absolute atomic E-state index is 12.9. The van der Waals surface area contributed by atoms with Gasteiger partial charge in [-0.15, -0.1) is 0 Å². The summed E-state index contributed by atoms with van der Waals surface area (Å²) >= 11 is 1.18. The summed E-state index contributed by atoms with van der Waals surface area (Å²) in [5.74, 6) is -0.444. The number of aromatic hydroxyl groups is 1. The molecule has 62 valence electrons. The summed E-state index contributed by atoms with van der Waals surface area (Å²) in [4.78, 5) is 0. The summed E-state index contributed by atoms with van der Waals surface area (Å²) in [5.41, 5.74) is 5.55. The topological polar surface area (TPSA) is 46.2 Å². The van der Waals surface area contributed by atoms with Crippen molar-refractivity contribution in [2.75, 3.05) is 5.73 Å². The Morgan fingerprint density at radius 2 is 2.17 bits per heavy atom. The fourth-order valence-corrected chi connectivity index (χ4v) is 1.91. The molecule has 1 aromatic heterocycles. The van der Waals surface area contributed by atoms with Crippen LogP contribution in [0.4, 0.5) is 10.1 Å². The molecule has 0 radical (unpaired) electrons. The van der Waals surface area contributed by atoms with Crippen LogP contribution in [-0.4, -0.2) is 5.11 Å². The number of nitrogens with two attached hydrogens (primary N) is 1. The van der Waals surface area contributed by atoms with E-state index in [0.717, 1.165) is 4.70 Å². The molecule has 4 heteroatoms. The molecule has 0 saturated carbocycles. The zero-order valence-electron chi connectivity index (χ0n) is 6.04. The molecule has 0 fully saturated rings. The highest BCUT2D eigenvalue weighted by atomic mass is 32.1. The van der Waals surface area contributed by atoms with Crippen molar-refractivity contribution in [3.63, 3.8) is 0 Å². The molecule has 2 aromatic rings. The van der Waals surface area contributed by atoms with Gasteiger partial charge in [0, 0.05) is 16.2 Å². The molecule has 1 aromatic carbocycles. The van der Waals surface area contributed by atoms with Crippen LogP contribution in [0.15, 0.2) is 18.2 Å². The van der Waals surface area contributed by atoms with Crippen LogP contribution in [0.25, 0.3) is 10.1 Å². The second-order valence-electron chi connectivity index (χ2n) is 2.46. The molecule has 0 spiro atoms. The van der Waals surface area contributed by atoms with E-state index < -0.39 is 5.82 Å². The molecule has 0 aliphatic carbocycles. The van der Waals surface area contributed by atoms with Gasteiger partial charge in [-0.25, -0.2) is 4.39 Å². The second kappa shape index (κ2) is 2.35. The van der Waals surface area contributed by atoms with Gasteiger partial charge in [-0.2, -0.15) is 0 Å². The van der Waals surface area contributed by atoms with E-state index in [-0.39, 0.29) is 10.8 Å². The van der Waals surface area contributed by atoms with Crippen LogP contribution in [-0.2, 0) is 0 Å². The zero-order chi connectivity index (χ0) is 8.72. The van der Waals surface area contributed by atoms with E-state index in [1.807, 2.05) is 0 Å². The molecular formula is C8H6FNOS. The van der Waals surface area contributed by atoms with E-state index in [4.69, 9.17) is 10.8 Å². The van der Waals surface area contributed by atoms with Crippen LogP contribution in [0.1, 0.15) is 0 Å². The molecule has 0 bridgehead atoms. The highest BCUT2D eigenvalue weighted by molar-refractivity contribution is 7.20. The van der Waals surface area contributed by atoms with Crippen LogP contribution in [0, 0.1) is 5.82 Å². The van der Waals surface area contributed by atoms with E-state index in [0.29, 0.717) is 5.39 Å². The van der Waals surface area contributed by atoms with Gasteiger partial charge in [0.1, 0.15) is 5.82 Å². The second-order valence-corrected chi connectivity index (χ2v) is 3.52. The van der Waals surface area contributed by atoms with Crippen molar-refractivity contribution in [3.05, 3.63) is 24.0 Å². The third-order valence-electron chi connectivity index (χ3n) is 1.68. The Morgan fingerprint density at radius 1 is 1.42 bits per heavy atom. The summed E-state index contributed by atoms with van der Waals surface area (Å²) in [6.07, 6.45) is 0. The van der Waals surface area contributed by atoms with Crippen LogP contribution in [0.2, 0.25) is 0 Å². The van der Waals surface area contributed by atoms with E-state index in [1.165, 1.54) is 23.5 Å². The minimum Gasteiger partial charge on any atom is -0.499 e. The van der Waals surface area contributed by atoms with E-state index in [9.17, 15) is 4.39 Å². The molecule has 3 N–H and O–H groups in total. The Balaban J connectivity index is 2.89. The number of thiophene rings is 1. The number of fused-ring (bicyclic) bond motifs is 1. The predicted molar refractivity (Wildman–Crippen MR) is 47.9 cm³/mol. The van der Waals surface area contributed by atoms with Gasteiger partial charge in [0.2, 0.25) is 0 Å². The maximum atomic E-state index is 12.9. The molecule has 1 heterocycles. The Morgan fingerprint density at radius 3 is 2.92 bits per heavy atom.